The molecule has 4 heteroatoms. The van der Waals surface area contributed by atoms with Gasteiger partial charge in [-0.1, -0.05) is 24.3 Å². The summed E-state index contributed by atoms with van der Waals surface area (Å²) in [6.07, 6.45) is 1.59. The van der Waals surface area contributed by atoms with Crippen LogP contribution in [0.1, 0.15) is 10.5 Å². The van der Waals surface area contributed by atoms with Gasteiger partial charge in [-0.3, -0.25) is 15.2 Å². The maximum atomic E-state index is 11.3. The monoisotopic (exact) mass is 187 g/mol. The van der Waals surface area contributed by atoms with Gasteiger partial charge in [-0.15, -0.1) is 0 Å². The standard InChI is InChI=1S/C10H9N3O/c11-13-10(14)9-8-4-2-1-3-7(8)5-6-12-9/h1-6H,11H2,(H,13,14). The summed E-state index contributed by atoms with van der Waals surface area (Å²) >= 11 is 0. The van der Waals surface area contributed by atoms with E-state index in [0.717, 1.165) is 10.8 Å². The fourth-order valence-corrected chi connectivity index (χ4v) is 1.37. The van der Waals surface area contributed by atoms with Crippen molar-refractivity contribution in [1.82, 2.24) is 10.4 Å². The number of hydrogen-bond donors (Lipinski definition) is 2. The van der Waals surface area contributed by atoms with Crippen LogP contribution < -0.4 is 11.3 Å². The van der Waals surface area contributed by atoms with Gasteiger partial charge in [0, 0.05) is 11.6 Å². The molecule has 0 saturated heterocycles. The van der Waals surface area contributed by atoms with Crippen LogP contribution in [-0.2, 0) is 0 Å². The predicted octanol–water partition coefficient (Wildman–Crippen LogP) is 0.838. The number of rotatable bonds is 1. The molecule has 0 saturated carbocycles. The number of hydrogen-bond acceptors (Lipinski definition) is 3. The van der Waals surface area contributed by atoms with Crippen LogP contribution in [0.15, 0.2) is 36.5 Å². The van der Waals surface area contributed by atoms with Gasteiger partial charge in [0.15, 0.2) is 0 Å². The summed E-state index contributed by atoms with van der Waals surface area (Å²) in [7, 11) is 0. The number of carbonyl (C=O) groups excluding carboxylic acids is 1. The van der Waals surface area contributed by atoms with E-state index >= 15 is 0 Å². The molecule has 1 aromatic heterocycles. The Morgan fingerprint density at radius 1 is 1.29 bits per heavy atom. The summed E-state index contributed by atoms with van der Waals surface area (Å²) in [5.74, 6) is 4.68. The molecule has 0 radical (unpaired) electrons. The van der Waals surface area contributed by atoms with Crippen LogP contribution in [0.4, 0.5) is 0 Å². The molecule has 14 heavy (non-hydrogen) atoms. The summed E-state index contributed by atoms with van der Waals surface area (Å²) in [6, 6.07) is 9.38. The zero-order valence-electron chi connectivity index (χ0n) is 7.40. The molecule has 2 aromatic rings. The Balaban J connectivity index is 2.71. The number of pyridine rings is 1. The van der Waals surface area contributed by atoms with Gasteiger partial charge in [-0.05, 0) is 11.5 Å². The van der Waals surface area contributed by atoms with Crippen molar-refractivity contribution in [2.45, 2.75) is 0 Å². The van der Waals surface area contributed by atoms with Crippen molar-refractivity contribution in [3.63, 3.8) is 0 Å². The van der Waals surface area contributed by atoms with Gasteiger partial charge in [0.25, 0.3) is 5.91 Å². The van der Waals surface area contributed by atoms with Crippen LogP contribution in [0.25, 0.3) is 10.8 Å². The van der Waals surface area contributed by atoms with Crippen LogP contribution in [-0.4, -0.2) is 10.9 Å². The van der Waals surface area contributed by atoms with Crippen LogP contribution in [0.3, 0.4) is 0 Å². The molecule has 70 valence electrons. The van der Waals surface area contributed by atoms with Gasteiger partial charge in [-0.2, -0.15) is 0 Å². The summed E-state index contributed by atoms with van der Waals surface area (Å²) in [4.78, 5) is 15.3. The van der Waals surface area contributed by atoms with Gasteiger partial charge in [0.2, 0.25) is 0 Å². The Morgan fingerprint density at radius 3 is 2.86 bits per heavy atom. The number of fused-ring (bicyclic) bond motifs is 1. The Kier molecular flexibility index (Phi) is 2.12. The lowest BCUT2D eigenvalue weighted by Gasteiger charge is -2.02. The van der Waals surface area contributed by atoms with E-state index in [9.17, 15) is 4.79 Å². The number of amides is 1. The third-order valence-electron chi connectivity index (χ3n) is 2.02. The summed E-state index contributed by atoms with van der Waals surface area (Å²) in [6.45, 7) is 0. The lowest BCUT2D eigenvalue weighted by atomic mass is 10.1. The topological polar surface area (TPSA) is 68.0 Å². The SMILES string of the molecule is NNC(=O)c1nccc2ccccc12. The van der Waals surface area contributed by atoms with E-state index in [1.165, 1.54) is 0 Å². The molecule has 0 aliphatic carbocycles. The zero-order valence-corrected chi connectivity index (χ0v) is 7.40. The first-order chi connectivity index (χ1) is 6.83. The van der Waals surface area contributed by atoms with E-state index < -0.39 is 0 Å². The number of nitrogen functional groups attached to an aromatic ring is 1. The van der Waals surface area contributed by atoms with Gasteiger partial charge in [0.05, 0.1) is 0 Å². The molecule has 4 nitrogen and oxygen atoms in total. The first-order valence-electron chi connectivity index (χ1n) is 4.17. The minimum atomic E-state index is -0.373. The van der Waals surface area contributed by atoms with Crippen molar-refractivity contribution in [3.8, 4) is 0 Å². The highest BCUT2D eigenvalue weighted by Crippen LogP contribution is 2.15. The second kappa shape index (κ2) is 3.43. The van der Waals surface area contributed by atoms with Crippen molar-refractivity contribution in [2.75, 3.05) is 0 Å². The molecule has 0 atom stereocenters. The van der Waals surface area contributed by atoms with Gasteiger partial charge in [0.1, 0.15) is 5.69 Å². The van der Waals surface area contributed by atoms with Crippen molar-refractivity contribution in [3.05, 3.63) is 42.2 Å². The lowest BCUT2D eigenvalue weighted by Crippen LogP contribution is -2.30. The largest absolute Gasteiger partial charge is 0.289 e. The molecule has 0 unspecified atom stereocenters. The molecule has 1 aromatic carbocycles. The molecule has 0 spiro atoms. The number of benzene rings is 1. The quantitative estimate of drug-likeness (QED) is 0.395. The first kappa shape index (κ1) is 8.65. The van der Waals surface area contributed by atoms with E-state index in [1.807, 2.05) is 30.3 Å². The maximum Gasteiger partial charge on any atom is 0.284 e. The lowest BCUT2D eigenvalue weighted by molar-refractivity contribution is 0.0950. The van der Waals surface area contributed by atoms with E-state index in [-0.39, 0.29) is 5.91 Å². The van der Waals surface area contributed by atoms with Crippen LogP contribution in [0.2, 0.25) is 0 Å². The van der Waals surface area contributed by atoms with Crippen molar-refractivity contribution < 1.29 is 4.79 Å². The Morgan fingerprint density at radius 2 is 2.07 bits per heavy atom. The molecule has 1 amide bonds. The van der Waals surface area contributed by atoms with Crippen LogP contribution >= 0.6 is 0 Å². The molecule has 1 heterocycles. The summed E-state index contributed by atoms with van der Waals surface area (Å²) < 4.78 is 0. The minimum Gasteiger partial charge on any atom is -0.289 e. The number of aromatic nitrogens is 1. The molecule has 2 rings (SSSR count). The van der Waals surface area contributed by atoms with E-state index in [1.54, 1.807) is 6.20 Å². The predicted molar refractivity (Wildman–Crippen MR) is 53.4 cm³/mol. The van der Waals surface area contributed by atoms with Crippen molar-refractivity contribution in [1.29, 1.82) is 0 Å². The normalized spacial score (nSPS) is 10.1. The first-order valence-corrected chi connectivity index (χ1v) is 4.17. The highest BCUT2D eigenvalue weighted by atomic mass is 16.2. The highest BCUT2D eigenvalue weighted by Gasteiger charge is 2.08. The van der Waals surface area contributed by atoms with Crippen LogP contribution in [0.5, 0.6) is 0 Å². The Labute approximate surface area is 80.7 Å². The average molecular weight is 187 g/mol. The highest BCUT2D eigenvalue weighted by molar-refractivity contribution is 6.04. The summed E-state index contributed by atoms with van der Waals surface area (Å²) in [5.41, 5.74) is 2.42. The van der Waals surface area contributed by atoms with Crippen molar-refractivity contribution >= 4 is 16.7 Å². The Bertz CT molecular complexity index is 476. The number of hydrazine groups is 1. The average Bonchev–Trinajstić information content (AvgIpc) is 2.27. The molecule has 0 bridgehead atoms. The number of nitrogens with two attached hydrogens (primary N) is 1. The van der Waals surface area contributed by atoms with Crippen molar-refractivity contribution in [2.24, 2.45) is 5.84 Å². The summed E-state index contributed by atoms with van der Waals surface area (Å²) in [5, 5.41) is 1.78. The molecule has 3 N–H and O–H groups in total. The molecular weight excluding hydrogens is 178 g/mol. The third-order valence-corrected chi connectivity index (χ3v) is 2.02. The Hall–Kier alpha value is -1.94. The molecule has 0 fully saturated rings. The fraction of sp³-hybridized carbons (Fsp3) is 0. The van der Waals surface area contributed by atoms with Gasteiger partial charge in [-0.25, -0.2) is 5.84 Å². The van der Waals surface area contributed by atoms with Gasteiger partial charge < -0.3 is 0 Å². The van der Waals surface area contributed by atoms with Crippen LogP contribution in [0, 0.1) is 0 Å². The minimum absolute atomic E-state index is 0.352. The second-order valence-electron chi connectivity index (χ2n) is 2.85. The molecular formula is C10H9N3O. The maximum absolute atomic E-state index is 11.3. The molecule has 0 aliphatic heterocycles. The fourth-order valence-electron chi connectivity index (χ4n) is 1.37. The molecule has 0 aliphatic rings. The smallest absolute Gasteiger partial charge is 0.284 e. The van der Waals surface area contributed by atoms with E-state index in [0.29, 0.717) is 5.69 Å². The third kappa shape index (κ3) is 1.31. The van der Waals surface area contributed by atoms with E-state index in [4.69, 9.17) is 5.84 Å². The zero-order chi connectivity index (χ0) is 9.97. The number of nitrogens with zero attached hydrogens (tertiary/aromatic N) is 1. The number of nitrogens with one attached hydrogen (secondary N) is 1. The van der Waals surface area contributed by atoms with E-state index in [2.05, 4.69) is 10.4 Å². The number of carbonyl (C=O) groups is 1. The van der Waals surface area contributed by atoms with Gasteiger partial charge >= 0.3 is 0 Å². The second-order valence-corrected chi connectivity index (χ2v) is 2.85.